The number of nitrogens with zero attached hydrogens (tertiary/aromatic N) is 3. The number of benzene rings is 2. The second-order valence-electron chi connectivity index (χ2n) is 13.2. The van der Waals surface area contributed by atoms with Crippen LogP contribution in [0.4, 0.5) is 16.3 Å². The summed E-state index contributed by atoms with van der Waals surface area (Å²) in [7, 11) is 0. The fourth-order valence-corrected chi connectivity index (χ4v) is 5.62. The molecule has 0 spiro atoms. The minimum Gasteiger partial charge on any atom is -0.342 e. The largest absolute Gasteiger partial charge is 0.342 e. The fraction of sp³-hybridized carbons (Fsp3) is 0.500. The Morgan fingerprint density at radius 1 is 0.951 bits per heavy atom. The minimum atomic E-state index is -0.301. The van der Waals surface area contributed by atoms with E-state index in [9.17, 15) is 9.59 Å². The van der Waals surface area contributed by atoms with Crippen molar-refractivity contribution in [3.8, 4) is 5.69 Å². The van der Waals surface area contributed by atoms with E-state index in [1.54, 1.807) is 4.68 Å². The maximum atomic E-state index is 13.3. The van der Waals surface area contributed by atoms with E-state index in [-0.39, 0.29) is 22.8 Å². The highest BCUT2D eigenvalue weighted by Crippen LogP contribution is 2.31. The third-order valence-corrected chi connectivity index (χ3v) is 8.13. The van der Waals surface area contributed by atoms with Crippen molar-refractivity contribution in [2.45, 2.75) is 86.0 Å². The Kier molecular flexibility index (Phi) is 9.25. The molecular weight excluding hydrogens is 510 g/mol. The van der Waals surface area contributed by atoms with E-state index in [1.807, 2.05) is 53.4 Å². The smallest absolute Gasteiger partial charge is 0.324 e. The van der Waals surface area contributed by atoms with Crippen LogP contribution in [0.3, 0.4) is 0 Å². The summed E-state index contributed by atoms with van der Waals surface area (Å²) in [6, 6.07) is 17.8. The number of hydrogen-bond acceptors (Lipinski definition) is 3. The highest BCUT2D eigenvalue weighted by atomic mass is 16.2. The van der Waals surface area contributed by atoms with Crippen LogP contribution in [-0.4, -0.2) is 39.7 Å². The molecule has 1 fully saturated rings. The highest BCUT2D eigenvalue weighted by Gasteiger charge is 2.33. The van der Waals surface area contributed by atoms with Crippen molar-refractivity contribution in [3.05, 3.63) is 71.4 Å². The number of aromatic nitrogens is 2. The number of likely N-dealkylation sites (tertiary alicyclic amines) is 1. The molecule has 0 radical (unpaired) electrons. The van der Waals surface area contributed by atoms with Gasteiger partial charge in [-0.25, -0.2) is 9.48 Å². The lowest BCUT2D eigenvalue weighted by atomic mass is 9.84. The van der Waals surface area contributed by atoms with Gasteiger partial charge in [-0.15, -0.1) is 0 Å². The first-order chi connectivity index (χ1) is 19.4. The predicted molar refractivity (Wildman–Crippen MR) is 168 cm³/mol. The van der Waals surface area contributed by atoms with Crippen molar-refractivity contribution in [3.63, 3.8) is 0 Å². The topological polar surface area (TPSA) is 79.3 Å². The van der Waals surface area contributed by atoms with Crippen molar-refractivity contribution in [1.82, 2.24) is 14.7 Å². The molecule has 0 aliphatic carbocycles. The van der Waals surface area contributed by atoms with E-state index < -0.39 is 0 Å². The Morgan fingerprint density at radius 3 is 2.24 bits per heavy atom. The predicted octanol–water partition coefficient (Wildman–Crippen LogP) is 7.73. The number of para-hydroxylation sites is 1. The highest BCUT2D eigenvalue weighted by molar-refractivity contribution is 6.00. The van der Waals surface area contributed by atoms with Gasteiger partial charge >= 0.3 is 6.03 Å². The molecule has 4 rings (SSSR count). The third-order valence-electron chi connectivity index (χ3n) is 8.13. The number of carbonyl (C=O) groups is 2. The molecule has 2 heterocycles. The number of aryl methyl sites for hydroxylation is 1. The first-order valence-corrected chi connectivity index (χ1v) is 15.0. The van der Waals surface area contributed by atoms with Crippen LogP contribution in [0.2, 0.25) is 0 Å². The summed E-state index contributed by atoms with van der Waals surface area (Å²) in [6.45, 7) is 16.2. The summed E-state index contributed by atoms with van der Waals surface area (Å²) in [6.07, 6.45) is 4.74. The van der Waals surface area contributed by atoms with E-state index in [0.29, 0.717) is 11.7 Å². The zero-order valence-corrected chi connectivity index (χ0v) is 25.9. The zero-order valence-electron chi connectivity index (χ0n) is 25.9. The molecule has 2 aromatic carbocycles. The number of hydrogen-bond donors (Lipinski definition) is 2. The van der Waals surface area contributed by atoms with Crippen LogP contribution < -0.4 is 10.6 Å². The van der Waals surface area contributed by atoms with Gasteiger partial charge in [0.05, 0.1) is 11.4 Å². The average molecular weight is 558 g/mol. The first kappa shape index (κ1) is 30.4. The van der Waals surface area contributed by atoms with Crippen LogP contribution in [0, 0.1) is 18.3 Å². The summed E-state index contributed by atoms with van der Waals surface area (Å²) in [5.74, 6) is 1.37. The van der Waals surface area contributed by atoms with Crippen LogP contribution in [-0.2, 0) is 16.6 Å². The first-order valence-electron chi connectivity index (χ1n) is 15.0. The molecule has 0 saturated carbocycles. The Labute approximate surface area is 245 Å². The van der Waals surface area contributed by atoms with Gasteiger partial charge in [-0.3, -0.25) is 10.1 Å². The zero-order chi connectivity index (χ0) is 29.8. The molecule has 1 aliphatic heterocycles. The molecule has 0 unspecified atom stereocenters. The van der Waals surface area contributed by atoms with E-state index >= 15 is 0 Å². The number of anilines is 2. The molecular formula is C34H47N5O2. The van der Waals surface area contributed by atoms with E-state index in [0.717, 1.165) is 67.8 Å². The van der Waals surface area contributed by atoms with Crippen LogP contribution in [0.5, 0.6) is 0 Å². The standard InChI is InChI=1S/C34H47N5O2/c1-8-19-34(6,7)31(40)38-20-17-25(18-21-38)22-26-11-9-10-12-28(26)35-32(41)36-30-23-29(33(3,4)5)37-39(30)27-15-13-24(2)14-16-27/h9-16,23,25H,8,17-22H2,1-7H3,(H2,35,36,41). The Balaban J connectivity index is 1.43. The molecule has 220 valence electrons. The van der Waals surface area contributed by atoms with Crippen LogP contribution in [0.15, 0.2) is 54.6 Å². The molecule has 0 bridgehead atoms. The summed E-state index contributed by atoms with van der Waals surface area (Å²) < 4.78 is 1.79. The quantitative estimate of drug-likeness (QED) is 0.297. The lowest BCUT2D eigenvalue weighted by Crippen LogP contribution is -2.45. The van der Waals surface area contributed by atoms with Gasteiger partial charge in [0.15, 0.2) is 0 Å². The summed E-state index contributed by atoms with van der Waals surface area (Å²) in [5.41, 5.74) is 4.42. The maximum absolute atomic E-state index is 13.3. The summed E-state index contributed by atoms with van der Waals surface area (Å²) >= 11 is 0. The number of amides is 3. The molecule has 7 nitrogen and oxygen atoms in total. The third kappa shape index (κ3) is 7.57. The van der Waals surface area contributed by atoms with Crippen molar-refractivity contribution < 1.29 is 9.59 Å². The number of nitrogens with one attached hydrogen (secondary N) is 2. The second-order valence-corrected chi connectivity index (χ2v) is 13.2. The monoisotopic (exact) mass is 557 g/mol. The molecule has 3 amide bonds. The number of piperidine rings is 1. The molecule has 41 heavy (non-hydrogen) atoms. The SMILES string of the molecule is CCCC(C)(C)C(=O)N1CCC(Cc2ccccc2NC(=O)Nc2cc(C(C)(C)C)nn2-c2ccc(C)cc2)CC1. The maximum Gasteiger partial charge on any atom is 0.324 e. The number of carbonyl (C=O) groups excluding carboxylic acids is 2. The summed E-state index contributed by atoms with van der Waals surface area (Å²) in [5, 5.41) is 11.0. The van der Waals surface area contributed by atoms with Gasteiger partial charge in [-0.2, -0.15) is 5.10 Å². The van der Waals surface area contributed by atoms with Gasteiger partial charge < -0.3 is 10.2 Å². The normalized spacial score (nSPS) is 14.7. The van der Waals surface area contributed by atoms with Crippen LogP contribution in [0.25, 0.3) is 5.69 Å². The van der Waals surface area contributed by atoms with Gasteiger partial charge in [0.1, 0.15) is 5.82 Å². The molecule has 2 N–H and O–H groups in total. The molecule has 1 saturated heterocycles. The Hall–Kier alpha value is -3.61. The molecule has 1 aromatic heterocycles. The average Bonchev–Trinajstić information content (AvgIpc) is 3.34. The molecule has 7 heteroatoms. The minimum absolute atomic E-state index is 0.165. The van der Waals surface area contributed by atoms with E-state index in [1.165, 1.54) is 5.56 Å². The van der Waals surface area contributed by atoms with Gasteiger partial charge in [0.2, 0.25) is 5.91 Å². The van der Waals surface area contributed by atoms with Gasteiger partial charge in [0.25, 0.3) is 0 Å². The Morgan fingerprint density at radius 2 is 1.61 bits per heavy atom. The van der Waals surface area contributed by atoms with Gasteiger partial charge in [-0.1, -0.05) is 83.9 Å². The van der Waals surface area contributed by atoms with Crippen molar-refractivity contribution in [1.29, 1.82) is 0 Å². The van der Waals surface area contributed by atoms with Crippen LogP contribution >= 0.6 is 0 Å². The van der Waals surface area contributed by atoms with Gasteiger partial charge in [-0.05, 0) is 62.3 Å². The van der Waals surface area contributed by atoms with E-state index in [2.05, 4.69) is 65.2 Å². The number of rotatable bonds is 8. The van der Waals surface area contributed by atoms with Crippen molar-refractivity contribution >= 4 is 23.4 Å². The van der Waals surface area contributed by atoms with E-state index in [4.69, 9.17) is 5.10 Å². The lowest BCUT2D eigenvalue weighted by Gasteiger charge is -2.37. The number of urea groups is 1. The molecule has 0 atom stereocenters. The summed E-state index contributed by atoms with van der Waals surface area (Å²) in [4.78, 5) is 28.4. The molecule has 3 aromatic rings. The van der Waals surface area contributed by atoms with Crippen molar-refractivity contribution in [2.24, 2.45) is 11.3 Å². The second kappa shape index (κ2) is 12.5. The van der Waals surface area contributed by atoms with Crippen molar-refractivity contribution in [2.75, 3.05) is 23.7 Å². The van der Waals surface area contributed by atoms with Gasteiger partial charge in [0, 0.05) is 35.7 Å². The fourth-order valence-electron chi connectivity index (χ4n) is 5.62. The lowest BCUT2D eigenvalue weighted by molar-refractivity contribution is -0.142. The molecule has 1 aliphatic rings. The Bertz CT molecular complexity index is 1340. The van der Waals surface area contributed by atoms with Crippen LogP contribution in [0.1, 0.15) is 84.0 Å².